The van der Waals surface area contributed by atoms with Crippen LogP contribution >= 0.6 is 0 Å². The molecule has 1 rings (SSSR count). The fraction of sp³-hybridized carbons (Fsp3) is 0.700. The van der Waals surface area contributed by atoms with Crippen LogP contribution in [0.25, 0.3) is 0 Å². The van der Waals surface area contributed by atoms with Gasteiger partial charge >= 0.3 is 0 Å². The van der Waals surface area contributed by atoms with Gasteiger partial charge in [0.05, 0.1) is 6.04 Å². The van der Waals surface area contributed by atoms with Gasteiger partial charge in [0, 0.05) is 19.5 Å². The number of carbonyl (C=O) groups is 1. The minimum atomic E-state index is -0.126. The fourth-order valence-corrected chi connectivity index (χ4v) is 1.50. The quantitative estimate of drug-likeness (QED) is 0.731. The molecule has 2 unspecified atom stereocenters. The highest BCUT2D eigenvalue weighted by atomic mass is 16.1. The first kappa shape index (κ1) is 12.6. The van der Waals surface area contributed by atoms with Crippen molar-refractivity contribution in [3.63, 3.8) is 0 Å². The first-order valence-electron chi connectivity index (χ1n) is 5.35. The minimum absolute atomic E-state index is 0.0184. The van der Waals surface area contributed by atoms with Crippen molar-refractivity contribution in [3.05, 3.63) is 12.2 Å². The predicted octanol–water partition coefficient (Wildman–Crippen LogP) is -0.152. The standard InChI is InChI=1S/C10H19N5O/c1-7(5-11-3)10(16)13-8(2)9-14-12-6-15(9)4/h6-8,11H,5H2,1-4H3,(H,13,16). The van der Waals surface area contributed by atoms with E-state index in [4.69, 9.17) is 0 Å². The summed E-state index contributed by atoms with van der Waals surface area (Å²) in [7, 11) is 3.69. The molecule has 0 spiro atoms. The van der Waals surface area contributed by atoms with Crippen molar-refractivity contribution < 1.29 is 4.79 Å². The van der Waals surface area contributed by atoms with Crippen molar-refractivity contribution in [2.45, 2.75) is 19.9 Å². The van der Waals surface area contributed by atoms with E-state index in [0.717, 1.165) is 5.82 Å². The van der Waals surface area contributed by atoms with Crippen LogP contribution in [0.5, 0.6) is 0 Å². The second-order valence-electron chi connectivity index (χ2n) is 3.99. The van der Waals surface area contributed by atoms with Gasteiger partial charge in [-0.15, -0.1) is 10.2 Å². The van der Waals surface area contributed by atoms with Crippen molar-refractivity contribution in [2.24, 2.45) is 13.0 Å². The summed E-state index contributed by atoms with van der Waals surface area (Å²) in [6, 6.07) is -0.126. The highest BCUT2D eigenvalue weighted by molar-refractivity contribution is 5.78. The number of aryl methyl sites for hydroxylation is 1. The third-order valence-electron chi connectivity index (χ3n) is 2.45. The van der Waals surface area contributed by atoms with Gasteiger partial charge < -0.3 is 15.2 Å². The number of carbonyl (C=O) groups excluding carboxylic acids is 1. The van der Waals surface area contributed by atoms with Crippen LogP contribution < -0.4 is 10.6 Å². The molecule has 2 atom stereocenters. The van der Waals surface area contributed by atoms with Crippen LogP contribution in [0.4, 0.5) is 0 Å². The Morgan fingerprint density at radius 1 is 1.56 bits per heavy atom. The number of aromatic nitrogens is 3. The summed E-state index contributed by atoms with van der Waals surface area (Å²) in [5, 5.41) is 13.6. The summed E-state index contributed by atoms with van der Waals surface area (Å²) in [5.74, 6) is 0.718. The topological polar surface area (TPSA) is 71.8 Å². The summed E-state index contributed by atoms with van der Waals surface area (Å²) in [6.07, 6.45) is 1.62. The molecule has 0 fully saturated rings. The summed E-state index contributed by atoms with van der Waals surface area (Å²) in [6.45, 7) is 4.45. The van der Waals surface area contributed by atoms with Gasteiger partial charge in [0.15, 0.2) is 5.82 Å². The van der Waals surface area contributed by atoms with E-state index in [1.807, 2.05) is 27.9 Å². The maximum atomic E-state index is 11.7. The van der Waals surface area contributed by atoms with Crippen molar-refractivity contribution >= 4 is 5.91 Å². The third kappa shape index (κ3) is 3.03. The van der Waals surface area contributed by atoms with Gasteiger partial charge in [-0.25, -0.2) is 0 Å². The van der Waals surface area contributed by atoms with Crippen molar-refractivity contribution in [1.29, 1.82) is 0 Å². The highest BCUT2D eigenvalue weighted by Crippen LogP contribution is 2.08. The minimum Gasteiger partial charge on any atom is -0.346 e. The maximum Gasteiger partial charge on any atom is 0.224 e. The van der Waals surface area contributed by atoms with Crippen molar-refractivity contribution in [1.82, 2.24) is 25.4 Å². The number of hydrogen-bond donors (Lipinski definition) is 2. The lowest BCUT2D eigenvalue weighted by Gasteiger charge is -2.16. The predicted molar refractivity (Wildman–Crippen MR) is 60.7 cm³/mol. The fourth-order valence-electron chi connectivity index (χ4n) is 1.50. The lowest BCUT2D eigenvalue weighted by molar-refractivity contribution is -0.125. The lowest BCUT2D eigenvalue weighted by atomic mass is 10.1. The lowest BCUT2D eigenvalue weighted by Crippen LogP contribution is -2.36. The first-order chi connectivity index (χ1) is 7.56. The van der Waals surface area contributed by atoms with E-state index in [1.54, 1.807) is 10.9 Å². The summed E-state index contributed by atoms with van der Waals surface area (Å²) >= 11 is 0. The molecule has 0 aliphatic rings. The Balaban J connectivity index is 2.55. The molecule has 1 aromatic heterocycles. The van der Waals surface area contributed by atoms with Crippen LogP contribution in [0.2, 0.25) is 0 Å². The van der Waals surface area contributed by atoms with Crippen LogP contribution in [0.3, 0.4) is 0 Å². The molecule has 2 N–H and O–H groups in total. The summed E-state index contributed by atoms with van der Waals surface area (Å²) < 4.78 is 1.80. The second-order valence-corrected chi connectivity index (χ2v) is 3.99. The van der Waals surface area contributed by atoms with E-state index >= 15 is 0 Å². The van der Waals surface area contributed by atoms with E-state index in [2.05, 4.69) is 20.8 Å². The molecule has 0 saturated heterocycles. The highest BCUT2D eigenvalue weighted by Gasteiger charge is 2.17. The normalized spacial score (nSPS) is 14.5. The van der Waals surface area contributed by atoms with E-state index in [-0.39, 0.29) is 17.9 Å². The Labute approximate surface area is 95.4 Å². The van der Waals surface area contributed by atoms with Gasteiger partial charge in [0.2, 0.25) is 5.91 Å². The number of hydrogen-bond acceptors (Lipinski definition) is 4. The molecule has 6 heteroatoms. The molecule has 1 heterocycles. The van der Waals surface area contributed by atoms with Gasteiger partial charge in [-0.05, 0) is 14.0 Å². The van der Waals surface area contributed by atoms with Gasteiger partial charge in [-0.1, -0.05) is 6.92 Å². The Morgan fingerprint density at radius 3 is 2.75 bits per heavy atom. The van der Waals surface area contributed by atoms with Crippen LogP contribution in [-0.2, 0) is 11.8 Å². The molecule has 0 radical (unpaired) electrons. The molecule has 16 heavy (non-hydrogen) atoms. The molecule has 1 amide bonds. The summed E-state index contributed by atoms with van der Waals surface area (Å²) in [4.78, 5) is 11.7. The van der Waals surface area contributed by atoms with Crippen LogP contribution in [0.15, 0.2) is 6.33 Å². The molecule has 0 aromatic carbocycles. The zero-order chi connectivity index (χ0) is 12.1. The molecule has 0 bridgehead atoms. The summed E-state index contributed by atoms with van der Waals surface area (Å²) in [5.41, 5.74) is 0. The van der Waals surface area contributed by atoms with Gasteiger partial charge in [-0.2, -0.15) is 0 Å². The smallest absolute Gasteiger partial charge is 0.224 e. The molecule has 6 nitrogen and oxygen atoms in total. The Kier molecular flexibility index (Phi) is 4.42. The largest absolute Gasteiger partial charge is 0.346 e. The maximum absolute atomic E-state index is 11.7. The Bertz CT molecular complexity index is 349. The molecule has 0 saturated carbocycles. The SMILES string of the molecule is CNCC(C)C(=O)NC(C)c1nncn1C. The van der Waals surface area contributed by atoms with E-state index in [9.17, 15) is 4.79 Å². The second kappa shape index (κ2) is 5.60. The molecule has 0 aliphatic carbocycles. The van der Waals surface area contributed by atoms with E-state index < -0.39 is 0 Å². The van der Waals surface area contributed by atoms with Gasteiger partial charge in [-0.3, -0.25) is 4.79 Å². The number of nitrogens with zero attached hydrogens (tertiary/aromatic N) is 3. The van der Waals surface area contributed by atoms with E-state index in [0.29, 0.717) is 6.54 Å². The third-order valence-corrected chi connectivity index (χ3v) is 2.45. The zero-order valence-electron chi connectivity index (χ0n) is 10.2. The van der Waals surface area contributed by atoms with Crippen LogP contribution in [-0.4, -0.2) is 34.3 Å². The average molecular weight is 225 g/mol. The zero-order valence-corrected chi connectivity index (χ0v) is 10.2. The number of rotatable bonds is 5. The average Bonchev–Trinajstić information content (AvgIpc) is 2.64. The van der Waals surface area contributed by atoms with Gasteiger partial charge in [0.25, 0.3) is 0 Å². The molecule has 1 aromatic rings. The van der Waals surface area contributed by atoms with Crippen LogP contribution in [0.1, 0.15) is 25.7 Å². The monoisotopic (exact) mass is 225 g/mol. The Morgan fingerprint density at radius 2 is 2.25 bits per heavy atom. The molecular formula is C10H19N5O. The Hall–Kier alpha value is -1.43. The molecular weight excluding hydrogens is 206 g/mol. The van der Waals surface area contributed by atoms with Crippen molar-refractivity contribution in [3.8, 4) is 0 Å². The van der Waals surface area contributed by atoms with E-state index in [1.165, 1.54) is 0 Å². The molecule has 0 aliphatic heterocycles. The molecule has 90 valence electrons. The first-order valence-corrected chi connectivity index (χ1v) is 5.35. The van der Waals surface area contributed by atoms with Gasteiger partial charge in [0.1, 0.15) is 6.33 Å². The number of nitrogens with one attached hydrogen (secondary N) is 2. The number of amides is 1. The van der Waals surface area contributed by atoms with Crippen LogP contribution in [0, 0.1) is 5.92 Å². The van der Waals surface area contributed by atoms with Crippen molar-refractivity contribution in [2.75, 3.05) is 13.6 Å².